The van der Waals surface area contributed by atoms with Gasteiger partial charge in [0.05, 0.1) is 24.6 Å². The van der Waals surface area contributed by atoms with E-state index in [9.17, 15) is 9.90 Å². The SMILES string of the molecule is O=C(Nc1ccc(-c2ccnc(N(c3ccccc3)N3CCOCC3)n2)cc1)[C@H](O)C1CCCCC1. The number of benzene rings is 2. The van der Waals surface area contributed by atoms with Crippen molar-refractivity contribution in [2.24, 2.45) is 5.92 Å². The molecule has 1 saturated heterocycles. The summed E-state index contributed by atoms with van der Waals surface area (Å²) in [6.07, 6.45) is 5.98. The van der Waals surface area contributed by atoms with Gasteiger partial charge in [-0.3, -0.25) is 4.79 Å². The average molecular weight is 488 g/mol. The highest BCUT2D eigenvalue weighted by atomic mass is 16.5. The summed E-state index contributed by atoms with van der Waals surface area (Å²) in [6.45, 7) is 2.82. The second-order valence-electron chi connectivity index (χ2n) is 9.36. The summed E-state index contributed by atoms with van der Waals surface area (Å²) in [5, 5.41) is 17.6. The fraction of sp³-hybridized carbons (Fsp3) is 0.393. The minimum absolute atomic E-state index is 0.0523. The molecule has 2 N–H and O–H groups in total. The largest absolute Gasteiger partial charge is 0.383 e. The number of nitrogens with zero attached hydrogens (tertiary/aromatic N) is 4. The summed E-state index contributed by atoms with van der Waals surface area (Å²) in [6, 6.07) is 19.5. The number of aromatic nitrogens is 2. The lowest BCUT2D eigenvalue weighted by molar-refractivity contribution is -0.127. The normalized spacial score (nSPS) is 17.9. The summed E-state index contributed by atoms with van der Waals surface area (Å²) < 4.78 is 5.55. The first kappa shape index (κ1) is 24.4. The molecule has 0 spiro atoms. The van der Waals surface area contributed by atoms with Crippen LogP contribution in [0.2, 0.25) is 0 Å². The molecule has 1 aromatic heterocycles. The topological polar surface area (TPSA) is 90.8 Å². The minimum Gasteiger partial charge on any atom is -0.383 e. The van der Waals surface area contributed by atoms with Gasteiger partial charge >= 0.3 is 0 Å². The number of carbonyl (C=O) groups is 1. The van der Waals surface area contributed by atoms with Crippen molar-refractivity contribution in [3.8, 4) is 11.3 Å². The van der Waals surface area contributed by atoms with Gasteiger partial charge in [-0.2, -0.15) is 0 Å². The molecule has 0 unspecified atom stereocenters. The lowest BCUT2D eigenvalue weighted by Gasteiger charge is -2.37. The summed E-state index contributed by atoms with van der Waals surface area (Å²) in [5.74, 6) is 0.313. The van der Waals surface area contributed by atoms with Crippen LogP contribution in [0.1, 0.15) is 32.1 Å². The van der Waals surface area contributed by atoms with Crippen molar-refractivity contribution in [3.63, 3.8) is 0 Å². The molecule has 2 heterocycles. The number of carbonyl (C=O) groups excluding carboxylic acids is 1. The van der Waals surface area contributed by atoms with E-state index in [0.29, 0.717) is 24.8 Å². The smallest absolute Gasteiger partial charge is 0.253 e. The predicted octanol–water partition coefficient (Wildman–Crippen LogP) is 4.41. The van der Waals surface area contributed by atoms with Gasteiger partial charge in [0.2, 0.25) is 5.95 Å². The number of ether oxygens (including phenoxy) is 1. The molecule has 8 heteroatoms. The van der Waals surface area contributed by atoms with E-state index in [4.69, 9.17) is 9.72 Å². The van der Waals surface area contributed by atoms with Crippen LogP contribution in [-0.4, -0.2) is 58.4 Å². The predicted molar refractivity (Wildman–Crippen MR) is 140 cm³/mol. The van der Waals surface area contributed by atoms with Crippen LogP contribution in [0.15, 0.2) is 66.9 Å². The number of aliphatic hydroxyl groups excluding tert-OH is 1. The molecule has 0 radical (unpaired) electrons. The first-order valence-corrected chi connectivity index (χ1v) is 12.8. The van der Waals surface area contributed by atoms with Crippen molar-refractivity contribution >= 4 is 23.2 Å². The van der Waals surface area contributed by atoms with Gasteiger partial charge in [-0.25, -0.2) is 20.0 Å². The first-order chi connectivity index (χ1) is 17.7. The van der Waals surface area contributed by atoms with Crippen molar-refractivity contribution in [3.05, 3.63) is 66.9 Å². The molecule has 8 nitrogen and oxygen atoms in total. The number of para-hydroxylation sites is 1. The number of morpholine rings is 1. The maximum Gasteiger partial charge on any atom is 0.253 e. The molecule has 1 aliphatic heterocycles. The second kappa shape index (κ2) is 11.6. The Morgan fingerprint density at radius 3 is 2.44 bits per heavy atom. The molecule has 1 saturated carbocycles. The van der Waals surface area contributed by atoms with Crippen molar-refractivity contribution < 1.29 is 14.6 Å². The lowest BCUT2D eigenvalue weighted by atomic mass is 9.85. The highest BCUT2D eigenvalue weighted by Gasteiger charge is 2.27. The minimum atomic E-state index is -0.960. The molecule has 0 bridgehead atoms. The molecule has 2 aromatic carbocycles. The average Bonchev–Trinajstić information content (AvgIpc) is 2.95. The van der Waals surface area contributed by atoms with Gasteiger partial charge in [0.1, 0.15) is 6.10 Å². The van der Waals surface area contributed by atoms with Gasteiger partial charge in [0.25, 0.3) is 5.91 Å². The van der Waals surface area contributed by atoms with Crippen LogP contribution in [0.3, 0.4) is 0 Å². The standard InChI is InChI=1S/C28H33N5O3/c34-26(22-7-3-1-4-8-22)27(35)30-23-13-11-21(12-14-23)25-15-16-29-28(31-25)33(24-9-5-2-6-10-24)32-17-19-36-20-18-32/h2,5-6,9-16,22,26,34H,1,3-4,7-8,17-20H2,(H,30,35)/t26-/m1/s1. The molecule has 2 fully saturated rings. The molecule has 188 valence electrons. The van der Waals surface area contributed by atoms with E-state index in [-0.39, 0.29) is 11.8 Å². The fourth-order valence-corrected chi connectivity index (χ4v) is 4.94. The summed E-state index contributed by atoms with van der Waals surface area (Å²) in [5.41, 5.74) is 3.35. The third kappa shape index (κ3) is 5.73. The Morgan fingerprint density at radius 2 is 1.72 bits per heavy atom. The quantitative estimate of drug-likeness (QED) is 0.510. The van der Waals surface area contributed by atoms with E-state index in [1.165, 1.54) is 6.42 Å². The molecule has 1 amide bonds. The highest BCUT2D eigenvalue weighted by Crippen LogP contribution is 2.29. The number of nitrogens with one attached hydrogen (secondary N) is 1. The van der Waals surface area contributed by atoms with Crippen LogP contribution in [0.25, 0.3) is 11.3 Å². The number of hydrazine groups is 1. The van der Waals surface area contributed by atoms with E-state index < -0.39 is 6.10 Å². The van der Waals surface area contributed by atoms with Crippen molar-refractivity contribution in [2.45, 2.75) is 38.2 Å². The highest BCUT2D eigenvalue weighted by molar-refractivity contribution is 5.94. The Morgan fingerprint density at radius 1 is 1.00 bits per heavy atom. The number of anilines is 3. The van der Waals surface area contributed by atoms with Gasteiger partial charge in [0.15, 0.2) is 0 Å². The molecule has 5 rings (SSSR count). The number of hydrogen-bond acceptors (Lipinski definition) is 7. The maximum atomic E-state index is 12.6. The van der Waals surface area contributed by atoms with Crippen LogP contribution >= 0.6 is 0 Å². The van der Waals surface area contributed by atoms with Crippen LogP contribution in [0.4, 0.5) is 17.3 Å². The van der Waals surface area contributed by atoms with Gasteiger partial charge in [0, 0.05) is 30.5 Å². The fourth-order valence-electron chi connectivity index (χ4n) is 4.94. The summed E-state index contributed by atoms with van der Waals surface area (Å²) >= 11 is 0. The molecule has 1 atom stereocenters. The Kier molecular flexibility index (Phi) is 7.85. The van der Waals surface area contributed by atoms with E-state index >= 15 is 0 Å². The van der Waals surface area contributed by atoms with Crippen LogP contribution in [0.5, 0.6) is 0 Å². The van der Waals surface area contributed by atoms with Crippen LogP contribution < -0.4 is 10.3 Å². The Hall–Kier alpha value is -3.33. The zero-order chi connectivity index (χ0) is 24.7. The molecule has 2 aliphatic rings. The number of hydrogen-bond donors (Lipinski definition) is 2. The van der Waals surface area contributed by atoms with E-state index in [1.54, 1.807) is 6.20 Å². The zero-order valence-electron chi connectivity index (χ0n) is 20.4. The zero-order valence-corrected chi connectivity index (χ0v) is 20.4. The van der Waals surface area contributed by atoms with Crippen LogP contribution in [0, 0.1) is 5.92 Å². The van der Waals surface area contributed by atoms with Gasteiger partial charge in [-0.15, -0.1) is 0 Å². The Balaban J connectivity index is 1.32. The van der Waals surface area contributed by atoms with Gasteiger partial charge < -0.3 is 15.2 Å². The lowest BCUT2D eigenvalue weighted by Crippen LogP contribution is -2.47. The van der Waals surface area contributed by atoms with E-state index in [2.05, 4.69) is 15.3 Å². The molecular weight excluding hydrogens is 454 g/mol. The van der Waals surface area contributed by atoms with Gasteiger partial charge in [-0.05, 0) is 49.1 Å². The summed E-state index contributed by atoms with van der Waals surface area (Å²) in [7, 11) is 0. The number of rotatable bonds is 7. The van der Waals surface area contributed by atoms with Crippen molar-refractivity contribution in [1.29, 1.82) is 0 Å². The van der Waals surface area contributed by atoms with Gasteiger partial charge in [-0.1, -0.05) is 49.6 Å². The first-order valence-electron chi connectivity index (χ1n) is 12.8. The van der Waals surface area contributed by atoms with E-state index in [1.807, 2.05) is 65.7 Å². The molecule has 1 aliphatic carbocycles. The number of amides is 1. The molecule has 36 heavy (non-hydrogen) atoms. The number of aliphatic hydroxyl groups is 1. The summed E-state index contributed by atoms with van der Waals surface area (Å²) in [4.78, 5) is 22.0. The Labute approximate surface area is 211 Å². The Bertz CT molecular complexity index is 1130. The van der Waals surface area contributed by atoms with Crippen molar-refractivity contribution in [2.75, 3.05) is 36.6 Å². The molecular formula is C28H33N5O3. The van der Waals surface area contributed by atoms with Crippen molar-refractivity contribution in [1.82, 2.24) is 15.0 Å². The third-order valence-electron chi connectivity index (χ3n) is 6.92. The maximum absolute atomic E-state index is 12.6. The van der Waals surface area contributed by atoms with Crippen LogP contribution in [-0.2, 0) is 9.53 Å². The van der Waals surface area contributed by atoms with E-state index in [0.717, 1.165) is 55.7 Å². The molecule has 3 aromatic rings. The monoisotopic (exact) mass is 487 g/mol. The third-order valence-corrected chi connectivity index (χ3v) is 6.92. The second-order valence-corrected chi connectivity index (χ2v) is 9.36.